The summed E-state index contributed by atoms with van der Waals surface area (Å²) in [7, 11) is 0. The number of ether oxygens (including phenoxy) is 3. The summed E-state index contributed by atoms with van der Waals surface area (Å²) in [6, 6.07) is 13.1. The molecule has 0 N–H and O–H groups in total. The van der Waals surface area contributed by atoms with Crippen LogP contribution in [0.15, 0.2) is 73.6 Å². The van der Waals surface area contributed by atoms with E-state index in [4.69, 9.17) is 37.4 Å². The van der Waals surface area contributed by atoms with Gasteiger partial charge in [0.2, 0.25) is 11.7 Å². The Morgan fingerprint density at radius 2 is 2.00 bits per heavy atom. The monoisotopic (exact) mass is 528 g/mol. The van der Waals surface area contributed by atoms with E-state index in [0.717, 1.165) is 18.0 Å². The lowest BCUT2D eigenvalue weighted by atomic mass is 10.1. The van der Waals surface area contributed by atoms with Crippen molar-refractivity contribution in [2.45, 2.75) is 25.4 Å². The number of amides is 1. The molecule has 2 aliphatic heterocycles. The molecule has 0 bridgehead atoms. The summed E-state index contributed by atoms with van der Waals surface area (Å²) in [4.78, 5) is 19.4. The quantitative estimate of drug-likeness (QED) is 0.443. The molecule has 1 aromatic heterocycles. The van der Waals surface area contributed by atoms with E-state index in [0.29, 0.717) is 41.9 Å². The Hall–Kier alpha value is -3.04. The van der Waals surface area contributed by atoms with Gasteiger partial charge in [0, 0.05) is 61.1 Å². The fourth-order valence-corrected chi connectivity index (χ4v) is 4.85. The lowest BCUT2D eigenvalue weighted by Crippen LogP contribution is -2.36. The number of hydrogen-bond acceptors (Lipinski definition) is 6. The van der Waals surface area contributed by atoms with Crippen molar-refractivity contribution in [3.8, 4) is 5.75 Å². The molecule has 36 heavy (non-hydrogen) atoms. The molecule has 2 aromatic carbocycles. The first-order valence-electron chi connectivity index (χ1n) is 11.6. The number of imidazole rings is 1. The van der Waals surface area contributed by atoms with Crippen molar-refractivity contribution in [2.75, 3.05) is 31.2 Å². The van der Waals surface area contributed by atoms with Gasteiger partial charge in [-0.2, -0.15) is 0 Å². The number of rotatable bonds is 7. The first kappa shape index (κ1) is 24.6. The SMILES string of the molecule is CC(=O)N1C=CN(c2ccc(OCC3COC(Cn4ccnc4)(c4ccc(Cl)cc4Cl)O3)cc2)CC1. The molecule has 0 aliphatic carbocycles. The van der Waals surface area contributed by atoms with Crippen LogP contribution < -0.4 is 9.64 Å². The Labute approximate surface area is 219 Å². The topological polar surface area (TPSA) is 69.1 Å². The van der Waals surface area contributed by atoms with Gasteiger partial charge in [-0.05, 0) is 36.4 Å². The average Bonchev–Trinajstić information content (AvgIpc) is 3.54. The van der Waals surface area contributed by atoms with Crippen LogP contribution in [0.3, 0.4) is 0 Å². The van der Waals surface area contributed by atoms with E-state index in [1.807, 2.05) is 47.3 Å². The molecule has 8 nitrogen and oxygen atoms in total. The number of nitrogens with zero attached hydrogens (tertiary/aromatic N) is 4. The number of anilines is 1. The fourth-order valence-electron chi connectivity index (χ4n) is 4.30. The number of hydrogen-bond donors (Lipinski definition) is 0. The highest BCUT2D eigenvalue weighted by atomic mass is 35.5. The number of halogens is 2. The molecule has 3 aromatic rings. The standard InChI is InChI=1S/C26H26Cl2N4O4/c1-19(33)31-10-12-32(13-11-31)21-3-5-22(6-4-21)34-15-23-16-35-26(36-23,17-30-9-8-29-18-30)24-7-2-20(27)14-25(24)28/h2-10,12,14,18,23H,11,13,15-17H2,1H3. The number of carbonyl (C=O) groups excluding carboxylic acids is 1. The zero-order valence-corrected chi connectivity index (χ0v) is 21.2. The highest BCUT2D eigenvalue weighted by Gasteiger charge is 2.45. The largest absolute Gasteiger partial charge is 0.491 e. The summed E-state index contributed by atoms with van der Waals surface area (Å²) >= 11 is 12.6. The van der Waals surface area contributed by atoms with E-state index < -0.39 is 5.79 Å². The van der Waals surface area contributed by atoms with Crippen molar-refractivity contribution in [1.82, 2.24) is 14.5 Å². The Morgan fingerprint density at radius 3 is 2.67 bits per heavy atom. The van der Waals surface area contributed by atoms with Crippen molar-refractivity contribution in [2.24, 2.45) is 0 Å². The third-order valence-electron chi connectivity index (χ3n) is 6.17. The second-order valence-corrected chi connectivity index (χ2v) is 9.52. The van der Waals surface area contributed by atoms with Crippen LogP contribution in [0.25, 0.3) is 0 Å². The Bertz CT molecular complexity index is 1240. The van der Waals surface area contributed by atoms with Crippen LogP contribution >= 0.6 is 23.2 Å². The fraction of sp³-hybridized carbons (Fsp3) is 0.308. The maximum atomic E-state index is 11.5. The third-order valence-corrected chi connectivity index (χ3v) is 6.72. The van der Waals surface area contributed by atoms with E-state index >= 15 is 0 Å². The van der Waals surface area contributed by atoms with Gasteiger partial charge in [-0.3, -0.25) is 4.79 Å². The lowest BCUT2D eigenvalue weighted by Gasteiger charge is -2.30. The van der Waals surface area contributed by atoms with Gasteiger partial charge in [0.1, 0.15) is 18.5 Å². The smallest absolute Gasteiger partial charge is 0.223 e. The minimum Gasteiger partial charge on any atom is -0.491 e. The van der Waals surface area contributed by atoms with Gasteiger partial charge in [0.25, 0.3) is 0 Å². The van der Waals surface area contributed by atoms with E-state index in [-0.39, 0.29) is 12.0 Å². The van der Waals surface area contributed by atoms with Crippen molar-refractivity contribution < 1.29 is 19.0 Å². The molecule has 5 rings (SSSR count). The van der Waals surface area contributed by atoms with Crippen LogP contribution in [0.5, 0.6) is 5.75 Å². The summed E-state index contributed by atoms with van der Waals surface area (Å²) in [6.45, 7) is 3.99. The van der Waals surface area contributed by atoms with Crippen molar-refractivity contribution >= 4 is 34.8 Å². The first-order valence-corrected chi connectivity index (χ1v) is 12.4. The molecule has 0 spiro atoms. The first-order chi connectivity index (χ1) is 17.4. The molecule has 2 unspecified atom stereocenters. The van der Waals surface area contributed by atoms with Crippen molar-refractivity contribution in [1.29, 1.82) is 0 Å². The molecule has 1 fully saturated rings. The molecular weight excluding hydrogens is 503 g/mol. The van der Waals surface area contributed by atoms with E-state index in [9.17, 15) is 4.79 Å². The van der Waals surface area contributed by atoms with Gasteiger partial charge in [-0.25, -0.2) is 4.98 Å². The zero-order valence-electron chi connectivity index (χ0n) is 19.7. The van der Waals surface area contributed by atoms with Crippen LogP contribution in [0.1, 0.15) is 12.5 Å². The van der Waals surface area contributed by atoms with Crippen molar-refractivity contribution in [3.05, 3.63) is 89.2 Å². The lowest BCUT2D eigenvalue weighted by molar-refractivity contribution is -0.189. The maximum Gasteiger partial charge on any atom is 0.223 e. The molecule has 2 aliphatic rings. The molecule has 1 amide bonds. The summed E-state index contributed by atoms with van der Waals surface area (Å²) in [6.07, 6.45) is 8.66. The molecule has 3 heterocycles. The number of aromatic nitrogens is 2. The van der Waals surface area contributed by atoms with E-state index in [2.05, 4.69) is 9.88 Å². The predicted molar refractivity (Wildman–Crippen MR) is 137 cm³/mol. The molecule has 0 radical (unpaired) electrons. The molecular formula is C26H26Cl2N4O4. The van der Waals surface area contributed by atoms with Crippen LogP contribution in [0.2, 0.25) is 10.0 Å². The molecule has 2 atom stereocenters. The summed E-state index contributed by atoms with van der Waals surface area (Å²) in [5.41, 5.74) is 1.73. The average molecular weight is 529 g/mol. The maximum absolute atomic E-state index is 11.5. The van der Waals surface area contributed by atoms with Gasteiger partial charge < -0.3 is 28.6 Å². The normalized spacial score (nSPS) is 21.7. The second kappa shape index (κ2) is 10.5. The van der Waals surface area contributed by atoms with E-state index in [1.54, 1.807) is 42.7 Å². The van der Waals surface area contributed by atoms with Crippen LogP contribution in [-0.4, -0.2) is 52.8 Å². The van der Waals surface area contributed by atoms with Crippen LogP contribution in [-0.2, 0) is 26.6 Å². The number of benzene rings is 2. The highest BCUT2D eigenvalue weighted by molar-refractivity contribution is 6.35. The Morgan fingerprint density at radius 1 is 1.17 bits per heavy atom. The zero-order chi connectivity index (χ0) is 25.1. The van der Waals surface area contributed by atoms with Gasteiger partial charge in [0.15, 0.2) is 0 Å². The van der Waals surface area contributed by atoms with Gasteiger partial charge in [0.05, 0.1) is 24.5 Å². The van der Waals surface area contributed by atoms with E-state index in [1.165, 1.54) is 0 Å². The summed E-state index contributed by atoms with van der Waals surface area (Å²) in [5, 5.41) is 1.01. The van der Waals surface area contributed by atoms with Gasteiger partial charge in [-0.15, -0.1) is 0 Å². The van der Waals surface area contributed by atoms with Gasteiger partial charge >= 0.3 is 0 Å². The minimum absolute atomic E-state index is 0.0418. The molecule has 188 valence electrons. The number of carbonyl (C=O) groups is 1. The summed E-state index contributed by atoms with van der Waals surface area (Å²) in [5.74, 6) is -0.320. The Kier molecular flexibility index (Phi) is 7.20. The molecule has 1 saturated heterocycles. The molecule has 0 saturated carbocycles. The minimum atomic E-state index is -1.09. The highest BCUT2D eigenvalue weighted by Crippen LogP contribution is 2.40. The second-order valence-electron chi connectivity index (χ2n) is 8.67. The predicted octanol–water partition coefficient (Wildman–Crippen LogP) is 4.68. The van der Waals surface area contributed by atoms with Gasteiger partial charge in [-0.1, -0.05) is 29.3 Å². The van der Waals surface area contributed by atoms with Crippen LogP contribution in [0.4, 0.5) is 5.69 Å². The van der Waals surface area contributed by atoms with Crippen LogP contribution in [0, 0.1) is 0 Å². The summed E-state index contributed by atoms with van der Waals surface area (Å²) < 4.78 is 20.6. The third kappa shape index (κ3) is 5.37. The Balaban J connectivity index is 1.24. The molecule has 10 heteroatoms. The van der Waals surface area contributed by atoms with Crippen molar-refractivity contribution in [3.63, 3.8) is 0 Å².